The van der Waals surface area contributed by atoms with Crippen LogP contribution < -0.4 is 10.6 Å². The predicted octanol–water partition coefficient (Wildman–Crippen LogP) is 1.87. The Kier molecular flexibility index (Phi) is 4.39. The number of nitrogens with one attached hydrogen (secondary N) is 2. The van der Waals surface area contributed by atoms with E-state index < -0.39 is 0 Å². The number of hydrogen-bond donors (Lipinski definition) is 2. The molecule has 1 aliphatic carbocycles. The van der Waals surface area contributed by atoms with E-state index in [-0.39, 0.29) is 18.4 Å². The summed E-state index contributed by atoms with van der Waals surface area (Å²) < 4.78 is 1.90. The molecule has 0 saturated heterocycles. The molecular weight excluding hydrogens is 328 g/mol. The number of imidazole rings is 1. The molecule has 132 valence electrons. The highest BCUT2D eigenvalue weighted by molar-refractivity contribution is 5.96. The Hall–Kier alpha value is -3.15. The summed E-state index contributed by atoms with van der Waals surface area (Å²) in [5.74, 6) is -0.459. The van der Waals surface area contributed by atoms with Gasteiger partial charge in [-0.1, -0.05) is 12.1 Å². The first-order valence-corrected chi connectivity index (χ1v) is 8.78. The Balaban J connectivity index is 1.29. The summed E-state index contributed by atoms with van der Waals surface area (Å²) in [5.41, 5.74) is 4.79. The highest BCUT2D eigenvalue weighted by Gasteiger charge is 2.14. The van der Waals surface area contributed by atoms with Gasteiger partial charge in [-0.15, -0.1) is 0 Å². The van der Waals surface area contributed by atoms with Crippen molar-refractivity contribution in [2.24, 2.45) is 0 Å². The summed E-state index contributed by atoms with van der Waals surface area (Å²) in [7, 11) is 0. The van der Waals surface area contributed by atoms with Gasteiger partial charge in [-0.05, 0) is 54.7 Å². The number of aryl methyl sites for hydroxylation is 2. The molecule has 1 aromatic carbocycles. The number of carbonyl (C=O) groups excluding carboxylic acids is 2. The van der Waals surface area contributed by atoms with Crippen LogP contribution in [-0.2, 0) is 24.2 Å². The average Bonchev–Trinajstić information content (AvgIpc) is 3.29. The third-order valence-corrected chi connectivity index (χ3v) is 4.65. The number of benzene rings is 1. The molecule has 0 fully saturated rings. The summed E-state index contributed by atoms with van der Waals surface area (Å²) in [5, 5.41) is 5.46. The first kappa shape index (κ1) is 16.3. The second kappa shape index (κ2) is 7.00. The van der Waals surface area contributed by atoms with E-state index >= 15 is 0 Å². The normalized spacial score (nSPS) is 12.8. The molecule has 0 atom stereocenters. The molecule has 0 bridgehead atoms. The lowest BCUT2D eigenvalue weighted by Crippen LogP contribution is -2.36. The molecule has 0 saturated carbocycles. The molecule has 0 radical (unpaired) electrons. The molecule has 0 unspecified atom stereocenters. The van der Waals surface area contributed by atoms with Crippen LogP contribution in [0.15, 0.2) is 48.8 Å². The van der Waals surface area contributed by atoms with Crippen molar-refractivity contribution >= 4 is 17.5 Å². The van der Waals surface area contributed by atoms with Gasteiger partial charge in [0.25, 0.3) is 5.91 Å². The van der Waals surface area contributed by atoms with Gasteiger partial charge in [0.05, 0.1) is 18.8 Å². The average molecular weight is 348 g/mol. The van der Waals surface area contributed by atoms with Gasteiger partial charge in [0.15, 0.2) is 0 Å². The Morgan fingerprint density at radius 2 is 1.96 bits per heavy atom. The number of pyridine rings is 1. The standard InChI is InChI=1S/C20H20N4O2/c25-19(21-11-17-13-24-9-2-1-6-18(24)23-17)12-22-20(26)16-8-7-14-4-3-5-15(14)10-16/h1-2,6-10,13H,3-5,11-12H2,(H,21,25)(H,22,26). The molecule has 0 spiro atoms. The van der Waals surface area contributed by atoms with Crippen molar-refractivity contribution in [3.8, 4) is 0 Å². The van der Waals surface area contributed by atoms with Gasteiger partial charge >= 0.3 is 0 Å². The molecule has 2 aromatic heterocycles. The lowest BCUT2D eigenvalue weighted by Gasteiger charge is -2.07. The van der Waals surface area contributed by atoms with Crippen molar-refractivity contribution in [1.82, 2.24) is 20.0 Å². The van der Waals surface area contributed by atoms with Crippen LogP contribution >= 0.6 is 0 Å². The zero-order valence-corrected chi connectivity index (χ0v) is 14.4. The minimum absolute atomic E-state index is 0.0523. The molecule has 6 nitrogen and oxygen atoms in total. The second-order valence-corrected chi connectivity index (χ2v) is 6.49. The van der Waals surface area contributed by atoms with Crippen molar-refractivity contribution in [2.75, 3.05) is 6.54 Å². The monoisotopic (exact) mass is 348 g/mol. The smallest absolute Gasteiger partial charge is 0.251 e. The van der Waals surface area contributed by atoms with E-state index in [4.69, 9.17) is 0 Å². The van der Waals surface area contributed by atoms with Crippen molar-refractivity contribution in [3.05, 3.63) is 71.2 Å². The fourth-order valence-electron chi connectivity index (χ4n) is 3.30. The summed E-state index contributed by atoms with van der Waals surface area (Å²) >= 11 is 0. The first-order valence-electron chi connectivity index (χ1n) is 8.78. The van der Waals surface area contributed by atoms with E-state index in [0.29, 0.717) is 12.1 Å². The number of fused-ring (bicyclic) bond motifs is 2. The maximum Gasteiger partial charge on any atom is 0.251 e. The minimum atomic E-state index is -0.239. The topological polar surface area (TPSA) is 75.5 Å². The second-order valence-electron chi connectivity index (χ2n) is 6.49. The first-order chi connectivity index (χ1) is 12.7. The fourth-order valence-corrected chi connectivity index (χ4v) is 3.30. The molecule has 4 rings (SSSR count). The molecular formula is C20H20N4O2. The molecule has 2 amide bonds. The van der Waals surface area contributed by atoms with Gasteiger partial charge in [-0.25, -0.2) is 4.98 Å². The van der Waals surface area contributed by atoms with Crippen molar-refractivity contribution in [1.29, 1.82) is 0 Å². The molecule has 3 aromatic rings. The third kappa shape index (κ3) is 3.44. The molecule has 2 heterocycles. The largest absolute Gasteiger partial charge is 0.349 e. The molecule has 2 N–H and O–H groups in total. The lowest BCUT2D eigenvalue weighted by molar-refractivity contribution is -0.120. The summed E-state index contributed by atoms with van der Waals surface area (Å²) in [6.45, 7) is 0.276. The van der Waals surface area contributed by atoms with Gasteiger partial charge in [-0.2, -0.15) is 0 Å². The van der Waals surface area contributed by atoms with Crippen LogP contribution in [0.1, 0.15) is 33.6 Å². The Morgan fingerprint density at radius 3 is 2.85 bits per heavy atom. The Labute approximate surface area is 151 Å². The molecule has 6 heteroatoms. The van der Waals surface area contributed by atoms with E-state index in [1.807, 2.05) is 53.2 Å². The van der Waals surface area contributed by atoms with Gasteiger partial charge in [-0.3, -0.25) is 9.59 Å². The van der Waals surface area contributed by atoms with Gasteiger partial charge < -0.3 is 15.0 Å². The van der Waals surface area contributed by atoms with E-state index in [1.54, 1.807) is 0 Å². The van der Waals surface area contributed by atoms with Gasteiger partial charge in [0, 0.05) is 18.0 Å². The van der Waals surface area contributed by atoms with Crippen molar-refractivity contribution < 1.29 is 9.59 Å². The quantitative estimate of drug-likeness (QED) is 0.739. The van der Waals surface area contributed by atoms with Crippen LogP contribution in [0.3, 0.4) is 0 Å². The maximum absolute atomic E-state index is 12.2. The van der Waals surface area contributed by atoms with Crippen molar-refractivity contribution in [2.45, 2.75) is 25.8 Å². The molecule has 26 heavy (non-hydrogen) atoms. The maximum atomic E-state index is 12.2. The van der Waals surface area contributed by atoms with E-state index in [1.165, 1.54) is 11.1 Å². The van der Waals surface area contributed by atoms with Crippen LogP contribution in [0.5, 0.6) is 0 Å². The minimum Gasteiger partial charge on any atom is -0.349 e. The fraction of sp³-hybridized carbons (Fsp3) is 0.250. The van der Waals surface area contributed by atoms with Crippen LogP contribution in [0.4, 0.5) is 0 Å². The zero-order chi connectivity index (χ0) is 17.9. The molecule has 0 aliphatic heterocycles. The number of aromatic nitrogens is 2. The van der Waals surface area contributed by atoms with E-state index in [9.17, 15) is 9.59 Å². The number of hydrogen-bond acceptors (Lipinski definition) is 3. The lowest BCUT2D eigenvalue weighted by atomic mass is 10.1. The van der Waals surface area contributed by atoms with Crippen LogP contribution in [-0.4, -0.2) is 27.7 Å². The van der Waals surface area contributed by atoms with E-state index in [2.05, 4.69) is 15.6 Å². The van der Waals surface area contributed by atoms with Crippen LogP contribution in [0, 0.1) is 0 Å². The summed E-state index contributed by atoms with van der Waals surface area (Å²) in [6.07, 6.45) is 7.04. The number of rotatable bonds is 5. The number of nitrogens with zero attached hydrogens (tertiary/aromatic N) is 2. The molecule has 1 aliphatic rings. The Bertz CT molecular complexity index is 944. The summed E-state index contributed by atoms with van der Waals surface area (Å²) in [4.78, 5) is 28.6. The van der Waals surface area contributed by atoms with Gasteiger partial charge in [0.1, 0.15) is 5.65 Å². The number of carbonyl (C=O) groups is 2. The highest BCUT2D eigenvalue weighted by atomic mass is 16.2. The predicted molar refractivity (Wildman–Crippen MR) is 97.8 cm³/mol. The highest BCUT2D eigenvalue weighted by Crippen LogP contribution is 2.22. The van der Waals surface area contributed by atoms with Crippen molar-refractivity contribution in [3.63, 3.8) is 0 Å². The zero-order valence-electron chi connectivity index (χ0n) is 14.4. The van der Waals surface area contributed by atoms with Crippen LogP contribution in [0.2, 0.25) is 0 Å². The van der Waals surface area contributed by atoms with Gasteiger partial charge in [0.2, 0.25) is 5.91 Å². The third-order valence-electron chi connectivity index (χ3n) is 4.65. The SMILES string of the molecule is O=C(CNC(=O)c1ccc2c(c1)CCC2)NCc1cn2ccccc2n1. The number of amides is 2. The van der Waals surface area contributed by atoms with E-state index in [0.717, 1.165) is 30.6 Å². The van der Waals surface area contributed by atoms with Crippen LogP contribution in [0.25, 0.3) is 5.65 Å². The summed E-state index contributed by atoms with van der Waals surface area (Å²) in [6, 6.07) is 11.5. The Morgan fingerprint density at radius 1 is 1.08 bits per heavy atom.